The molecule has 5 heteroatoms. The third-order valence-electron chi connectivity index (χ3n) is 2.66. The molecule has 0 bridgehead atoms. The molecule has 1 saturated carbocycles. The molecule has 98 valence electrons. The Kier molecular flexibility index (Phi) is 5.97. The number of carbonyl (C=O) groups is 2. The van der Waals surface area contributed by atoms with Gasteiger partial charge in [-0.1, -0.05) is 6.92 Å². The van der Waals surface area contributed by atoms with Crippen molar-refractivity contribution in [3.63, 3.8) is 0 Å². The fourth-order valence-electron chi connectivity index (χ4n) is 1.61. The molecule has 1 aliphatic carbocycles. The zero-order valence-corrected chi connectivity index (χ0v) is 10.7. The summed E-state index contributed by atoms with van der Waals surface area (Å²) in [4.78, 5) is 22.8. The molecule has 1 atom stereocenters. The number of nitrogens with one attached hydrogen (secondary N) is 3. The van der Waals surface area contributed by atoms with Crippen LogP contribution in [0, 0.1) is 0 Å². The van der Waals surface area contributed by atoms with Crippen molar-refractivity contribution in [1.82, 2.24) is 16.0 Å². The number of carbonyl (C=O) groups excluding carboxylic acids is 2. The maximum absolute atomic E-state index is 11.5. The Morgan fingerprint density at radius 1 is 1.29 bits per heavy atom. The molecule has 17 heavy (non-hydrogen) atoms. The van der Waals surface area contributed by atoms with Gasteiger partial charge in [-0.25, -0.2) is 0 Å². The molecule has 0 radical (unpaired) electrons. The van der Waals surface area contributed by atoms with Gasteiger partial charge in [0.25, 0.3) is 0 Å². The summed E-state index contributed by atoms with van der Waals surface area (Å²) in [7, 11) is 0. The van der Waals surface area contributed by atoms with E-state index in [1.165, 1.54) is 0 Å². The lowest BCUT2D eigenvalue weighted by atomic mass is 10.2. The van der Waals surface area contributed by atoms with Gasteiger partial charge in [-0.2, -0.15) is 0 Å². The van der Waals surface area contributed by atoms with E-state index in [0.29, 0.717) is 25.4 Å². The highest BCUT2D eigenvalue weighted by molar-refractivity contribution is 5.79. The van der Waals surface area contributed by atoms with Crippen molar-refractivity contribution in [2.75, 3.05) is 13.1 Å². The van der Waals surface area contributed by atoms with Crippen LogP contribution in [0.4, 0.5) is 0 Å². The minimum absolute atomic E-state index is 0.00216. The van der Waals surface area contributed by atoms with E-state index in [2.05, 4.69) is 16.0 Å². The van der Waals surface area contributed by atoms with Crippen LogP contribution < -0.4 is 16.0 Å². The van der Waals surface area contributed by atoms with Crippen LogP contribution >= 0.6 is 0 Å². The minimum atomic E-state index is -0.00216. The molecule has 0 aromatic carbocycles. The van der Waals surface area contributed by atoms with Gasteiger partial charge in [0.1, 0.15) is 0 Å². The molecule has 0 heterocycles. The number of rotatable bonds is 8. The lowest BCUT2D eigenvalue weighted by molar-refractivity contribution is -0.122. The van der Waals surface area contributed by atoms with Gasteiger partial charge in [-0.05, 0) is 26.3 Å². The third-order valence-corrected chi connectivity index (χ3v) is 2.66. The van der Waals surface area contributed by atoms with E-state index >= 15 is 0 Å². The van der Waals surface area contributed by atoms with Crippen LogP contribution in [0.1, 0.15) is 39.5 Å². The molecular weight excluding hydrogens is 218 g/mol. The molecular formula is C12H23N3O2. The second-order valence-corrected chi connectivity index (χ2v) is 4.60. The van der Waals surface area contributed by atoms with E-state index in [9.17, 15) is 9.59 Å². The van der Waals surface area contributed by atoms with Crippen LogP contribution in [-0.2, 0) is 9.59 Å². The largest absolute Gasteiger partial charge is 0.356 e. The third kappa shape index (κ3) is 6.94. The normalized spacial score (nSPS) is 16.4. The number of hydrogen-bond donors (Lipinski definition) is 3. The predicted molar refractivity (Wildman–Crippen MR) is 66.5 cm³/mol. The van der Waals surface area contributed by atoms with E-state index in [1.54, 1.807) is 0 Å². The Morgan fingerprint density at radius 3 is 2.59 bits per heavy atom. The minimum Gasteiger partial charge on any atom is -0.356 e. The summed E-state index contributed by atoms with van der Waals surface area (Å²) in [5.74, 6) is 0.0326. The highest BCUT2D eigenvalue weighted by atomic mass is 16.2. The monoisotopic (exact) mass is 241 g/mol. The molecule has 0 aromatic rings. The molecule has 0 saturated heterocycles. The molecule has 5 nitrogen and oxygen atoms in total. The highest BCUT2D eigenvalue weighted by Gasteiger charge is 2.22. The summed E-state index contributed by atoms with van der Waals surface area (Å²) >= 11 is 0. The van der Waals surface area contributed by atoms with E-state index in [1.807, 2.05) is 13.8 Å². The fraction of sp³-hybridized carbons (Fsp3) is 0.833. The quantitative estimate of drug-likeness (QED) is 0.567. The summed E-state index contributed by atoms with van der Waals surface area (Å²) in [5, 5.41) is 8.81. The fourth-order valence-corrected chi connectivity index (χ4v) is 1.61. The Balaban J connectivity index is 2.00. The van der Waals surface area contributed by atoms with E-state index in [0.717, 1.165) is 19.4 Å². The van der Waals surface area contributed by atoms with Gasteiger partial charge < -0.3 is 16.0 Å². The predicted octanol–water partition coefficient (Wildman–Crippen LogP) is 0.159. The topological polar surface area (TPSA) is 70.2 Å². The Morgan fingerprint density at radius 2 is 2.00 bits per heavy atom. The van der Waals surface area contributed by atoms with Gasteiger partial charge in [0.05, 0.1) is 0 Å². The molecule has 2 amide bonds. The van der Waals surface area contributed by atoms with E-state index in [4.69, 9.17) is 0 Å². The van der Waals surface area contributed by atoms with Crippen molar-refractivity contribution in [3.05, 3.63) is 0 Å². The van der Waals surface area contributed by atoms with Crippen LogP contribution in [0.5, 0.6) is 0 Å². The van der Waals surface area contributed by atoms with Crippen molar-refractivity contribution in [2.24, 2.45) is 0 Å². The lowest BCUT2D eigenvalue weighted by Crippen LogP contribution is -2.35. The second-order valence-electron chi connectivity index (χ2n) is 4.60. The molecule has 1 aliphatic rings. The van der Waals surface area contributed by atoms with Crippen LogP contribution in [0.25, 0.3) is 0 Å². The average Bonchev–Trinajstić information content (AvgIpc) is 3.01. The lowest BCUT2D eigenvalue weighted by Gasteiger charge is -2.12. The molecule has 1 fully saturated rings. The number of amides is 2. The van der Waals surface area contributed by atoms with Crippen LogP contribution in [0.2, 0.25) is 0 Å². The van der Waals surface area contributed by atoms with E-state index in [-0.39, 0.29) is 17.9 Å². The zero-order chi connectivity index (χ0) is 12.7. The molecule has 3 N–H and O–H groups in total. The van der Waals surface area contributed by atoms with Crippen molar-refractivity contribution in [3.8, 4) is 0 Å². The van der Waals surface area contributed by atoms with Crippen molar-refractivity contribution < 1.29 is 9.59 Å². The second kappa shape index (κ2) is 7.27. The molecule has 1 rings (SSSR count). The Bertz CT molecular complexity index is 264. The first-order chi connectivity index (χ1) is 8.11. The first-order valence-electron chi connectivity index (χ1n) is 6.41. The van der Waals surface area contributed by atoms with Gasteiger partial charge in [-0.15, -0.1) is 0 Å². The summed E-state index contributed by atoms with van der Waals surface area (Å²) in [6.07, 6.45) is 3.02. The van der Waals surface area contributed by atoms with Crippen molar-refractivity contribution in [2.45, 2.75) is 51.6 Å². The molecule has 0 aromatic heterocycles. The summed E-state index contributed by atoms with van der Waals surface area (Å²) in [6.45, 7) is 5.27. The summed E-state index contributed by atoms with van der Waals surface area (Å²) < 4.78 is 0. The molecule has 0 aliphatic heterocycles. The van der Waals surface area contributed by atoms with Gasteiger partial charge >= 0.3 is 0 Å². The van der Waals surface area contributed by atoms with E-state index < -0.39 is 0 Å². The standard InChI is InChI=1S/C12H23N3O2/c1-3-13-9(2)8-12(17)14-7-6-11(16)15-10-4-5-10/h9-10,13H,3-8H2,1-2H3,(H,14,17)(H,15,16). The Labute approximate surface area is 103 Å². The number of hydrogen-bond acceptors (Lipinski definition) is 3. The molecule has 0 spiro atoms. The maximum atomic E-state index is 11.5. The van der Waals surface area contributed by atoms with Gasteiger partial charge in [0.2, 0.25) is 11.8 Å². The SMILES string of the molecule is CCNC(C)CC(=O)NCCC(=O)NC1CC1. The van der Waals surface area contributed by atoms with Gasteiger partial charge in [0, 0.05) is 31.5 Å². The highest BCUT2D eigenvalue weighted by Crippen LogP contribution is 2.18. The summed E-state index contributed by atoms with van der Waals surface area (Å²) in [5.41, 5.74) is 0. The average molecular weight is 241 g/mol. The van der Waals surface area contributed by atoms with Crippen LogP contribution in [0.3, 0.4) is 0 Å². The first-order valence-corrected chi connectivity index (χ1v) is 6.41. The first kappa shape index (κ1) is 14.0. The van der Waals surface area contributed by atoms with Crippen LogP contribution in [-0.4, -0.2) is 37.0 Å². The van der Waals surface area contributed by atoms with Crippen molar-refractivity contribution >= 4 is 11.8 Å². The van der Waals surface area contributed by atoms with Crippen molar-refractivity contribution in [1.29, 1.82) is 0 Å². The maximum Gasteiger partial charge on any atom is 0.221 e. The smallest absolute Gasteiger partial charge is 0.221 e. The summed E-state index contributed by atoms with van der Waals surface area (Å²) in [6, 6.07) is 0.576. The van der Waals surface area contributed by atoms with Gasteiger partial charge in [-0.3, -0.25) is 9.59 Å². The van der Waals surface area contributed by atoms with Gasteiger partial charge in [0.15, 0.2) is 0 Å². The Hall–Kier alpha value is -1.10. The van der Waals surface area contributed by atoms with Crippen LogP contribution in [0.15, 0.2) is 0 Å². The molecule has 1 unspecified atom stereocenters. The zero-order valence-electron chi connectivity index (χ0n) is 10.7.